The van der Waals surface area contributed by atoms with Crippen LogP contribution in [-0.2, 0) is 37.2 Å². The van der Waals surface area contributed by atoms with Crippen molar-refractivity contribution in [2.24, 2.45) is 11.7 Å². The van der Waals surface area contributed by atoms with Gasteiger partial charge in [-0.3, -0.25) is 4.79 Å². The highest BCUT2D eigenvalue weighted by atomic mass is 16.5. The summed E-state index contributed by atoms with van der Waals surface area (Å²) >= 11 is 0. The SMILES string of the molecule is NC(=O)C1(c2ccccc2)CCC(OCC2(c3ccccc3)COC2)(c2nccn2CC2CC2)CC1. The molecular formula is C30H35N3O3. The summed E-state index contributed by atoms with van der Waals surface area (Å²) in [4.78, 5) is 17.8. The molecule has 0 spiro atoms. The van der Waals surface area contributed by atoms with Gasteiger partial charge >= 0.3 is 0 Å². The van der Waals surface area contributed by atoms with Crippen molar-refractivity contribution in [1.29, 1.82) is 0 Å². The first-order chi connectivity index (χ1) is 17.6. The van der Waals surface area contributed by atoms with E-state index >= 15 is 0 Å². The molecule has 2 saturated carbocycles. The van der Waals surface area contributed by atoms with Crippen molar-refractivity contribution in [3.8, 4) is 0 Å². The monoisotopic (exact) mass is 485 g/mol. The molecule has 3 aromatic rings. The molecule has 188 valence electrons. The van der Waals surface area contributed by atoms with Gasteiger partial charge in [-0.15, -0.1) is 0 Å². The van der Waals surface area contributed by atoms with Crippen molar-refractivity contribution in [2.75, 3.05) is 19.8 Å². The molecule has 2 heterocycles. The van der Waals surface area contributed by atoms with Crippen LogP contribution in [-0.4, -0.2) is 35.3 Å². The van der Waals surface area contributed by atoms with Gasteiger partial charge in [0.05, 0.1) is 30.7 Å². The Morgan fingerprint density at radius 2 is 1.61 bits per heavy atom. The van der Waals surface area contributed by atoms with Crippen LogP contribution in [0.15, 0.2) is 73.1 Å². The van der Waals surface area contributed by atoms with Gasteiger partial charge in [-0.25, -0.2) is 4.98 Å². The average molecular weight is 486 g/mol. The maximum atomic E-state index is 12.9. The lowest BCUT2D eigenvalue weighted by atomic mass is 9.64. The van der Waals surface area contributed by atoms with Gasteiger partial charge in [0.25, 0.3) is 0 Å². The first-order valence-electron chi connectivity index (χ1n) is 13.2. The molecule has 3 fully saturated rings. The molecule has 0 bridgehead atoms. The largest absolute Gasteiger partial charge is 0.379 e. The predicted octanol–water partition coefficient (Wildman–Crippen LogP) is 4.47. The highest BCUT2D eigenvalue weighted by Crippen LogP contribution is 2.50. The van der Waals surface area contributed by atoms with Crippen LogP contribution < -0.4 is 5.73 Å². The molecule has 6 heteroatoms. The number of nitrogens with zero attached hydrogens (tertiary/aromatic N) is 2. The van der Waals surface area contributed by atoms with Gasteiger partial charge in [0, 0.05) is 18.9 Å². The smallest absolute Gasteiger partial charge is 0.228 e. The molecular weight excluding hydrogens is 450 g/mol. The summed E-state index contributed by atoms with van der Waals surface area (Å²) in [7, 11) is 0. The minimum absolute atomic E-state index is 0.153. The van der Waals surface area contributed by atoms with E-state index < -0.39 is 11.0 Å². The zero-order valence-corrected chi connectivity index (χ0v) is 20.8. The number of ether oxygens (including phenoxy) is 2. The molecule has 36 heavy (non-hydrogen) atoms. The van der Waals surface area contributed by atoms with Gasteiger partial charge in [0.1, 0.15) is 11.4 Å². The van der Waals surface area contributed by atoms with Crippen molar-refractivity contribution >= 4 is 5.91 Å². The van der Waals surface area contributed by atoms with Gasteiger partial charge in [-0.05, 0) is 55.6 Å². The maximum absolute atomic E-state index is 12.9. The molecule has 0 radical (unpaired) electrons. The molecule has 3 aliphatic rings. The summed E-state index contributed by atoms with van der Waals surface area (Å²) < 4.78 is 15.0. The van der Waals surface area contributed by atoms with E-state index in [4.69, 9.17) is 20.2 Å². The zero-order chi connectivity index (χ0) is 24.6. The molecule has 1 saturated heterocycles. The highest BCUT2D eigenvalue weighted by Gasteiger charge is 2.52. The quantitative estimate of drug-likeness (QED) is 0.485. The van der Waals surface area contributed by atoms with E-state index in [1.54, 1.807) is 0 Å². The molecule has 0 unspecified atom stereocenters. The van der Waals surface area contributed by atoms with Crippen molar-refractivity contribution in [2.45, 2.75) is 61.5 Å². The Balaban J connectivity index is 1.32. The average Bonchev–Trinajstić information content (AvgIpc) is 3.59. The summed E-state index contributed by atoms with van der Waals surface area (Å²) in [6.07, 6.45) is 9.20. The van der Waals surface area contributed by atoms with Crippen LogP contribution in [0.3, 0.4) is 0 Å². The molecule has 6 nitrogen and oxygen atoms in total. The Morgan fingerprint density at radius 3 is 2.17 bits per heavy atom. The summed E-state index contributed by atoms with van der Waals surface area (Å²) in [5, 5.41) is 0. The van der Waals surface area contributed by atoms with Crippen molar-refractivity contribution in [3.63, 3.8) is 0 Å². The van der Waals surface area contributed by atoms with Crippen LogP contribution in [0.5, 0.6) is 0 Å². The fourth-order valence-corrected chi connectivity index (χ4v) is 6.13. The van der Waals surface area contributed by atoms with Crippen LogP contribution in [0.2, 0.25) is 0 Å². The van der Waals surface area contributed by atoms with E-state index in [-0.39, 0.29) is 11.3 Å². The topological polar surface area (TPSA) is 79.4 Å². The minimum atomic E-state index is -0.682. The molecule has 1 amide bonds. The Kier molecular flexibility index (Phi) is 5.97. The van der Waals surface area contributed by atoms with Crippen LogP contribution in [0.25, 0.3) is 0 Å². The highest BCUT2D eigenvalue weighted by molar-refractivity contribution is 5.87. The number of amides is 1. The molecule has 1 aromatic heterocycles. The van der Waals surface area contributed by atoms with Crippen molar-refractivity contribution < 1.29 is 14.3 Å². The van der Waals surface area contributed by atoms with Crippen LogP contribution in [0.1, 0.15) is 55.5 Å². The maximum Gasteiger partial charge on any atom is 0.228 e. The Hall–Kier alpha value is -2.96. The molecule has 1 aliphatic heterocycles. The summed E-state index contributed by atoms with van der Waals surface area (Å²) in [5.41, 5.74) is 6.93. The third-order valence-corrected chi connectivity index (χ3v) is 8.75. The standard InChI is InChI=1S/C30H35N3O3/c31-26(34)29(25-9-5-2-6-10-25)13-15-30(16-14-29,27-32-17-18-33(27)19-23-11-12-23)36-22-28(20-35-21-28)24-7-3-1-4-8-24/h1-10,17-18,23H,11-16,19-22H2,(H2,31,34). The fourth-order valence-electron chi connectivity index (χ4n) is 6.13. The number of aromatic nitrogens is 2. The number of primary amides is 1. The van der Waals surface area contributed by atoms with E-state index in [0.717, 1.165) is 23.9 Å². The van der Waals surface area contributed by atoms with Crippen molar-refractivity contribution in [1.82, 2.24) is 9.55 Å². The lowest BCUT2D eigenvalue weighted by Crippen LogP contribution is -2.54. The fraction of sp³-hybridized carbons (Fsp3) is 0.467. The predicted molar refractivity (Wildman–Crippen MR) is 137 cm³/mol. The normalized spacial score (nSPS) is 27.3. The second kappa shape index (κ2) is 9.16. The van der Waals surface area contributed by atoms with Crippen molar-refractivity contribution in [3.05, 3.63) is 90.0 Å². The Morgan fingerprint density at radius 1 is 0.972 bits per heavy atom. The number of benzene rings is 2. The van der Waals surface area contributed by atoms with Gasteiger partial charge in [0.15, 0.2) is 0 Å². The molecule has 0 atom stereocenters. The van der Waals surface area contributed by atoms with E-state index in [0.29, 0.717) is 45.5 Å². The van der Waals surface area contributed by atoms with Crippen LogP contribution in [0, 0.1) is 5.92 Å². The second-order valence-corrected chi connectivity index (χ2v) is 11.1. The molecule has 2 aromatic carbocycles. The summed E-state index contributed by atoms with van der Waals surface area (Å²) in [5.74, 6) is 1.46. The molecule has 2 aliphatic carbocycles. The number of nitrogens with two attached hydrogens (primary N) is 1. The summed E-state index contributed by atoms with van der Waals surface area (Å²) in [6.45, 7) is 2.84. The number of rotatable bonds is 9. The van der Waals surface area contributed by atoms with E-state index in [2.05, 4.69) is 35.0 Å². The number of hydrogen-bond acceptors (Lipinski definition) is 4. The zero-order valence-electron chi connectivity index (χ0n) is 20.8. The van der Waals surface area contributed by atoms with E-state index in [1.807, 2.05) is 42.6 Å². The van der Waals surface area contributed by atoms with Crippen LogP contribution >= 0.6 is 0 Å². The molecule has 6 rings (SSSR count). The Bertz CT molecular complexity index is 1190. The van der Waals surface area contributed by atoms with Gasteiger partial charge in [0.2, 0.25) is 5.91 Å². The van der Waals surface area contributed by atoms with E-state index in [1.165, 1.54) is 18.4 Å². The van der Waals surface area contributed by atoms with Gasteiger partial charge in [-0.2, -0.15) is 0 Å². The third-order valence-electron chi connectivity index (χ3n) is 8.75. The third kappa shape index (κ3) is 4.06. The van der Waals surface area contributed by atoms with Crippen LogP contribution in [0.4, 0.5) is 0 Å². The van der Waals surface area contributed by atoms with E-state index in [9.17, 15) is 4.79 Å². The first kappa shape index (κ1) is 23.4. The Labute approximate surface area is 212 Å². The number of carbonyl (C=O) groups excluding carboxylic acids is 1. The van der Waals surface area contributed by atoms with Gasteiger partial charge in [-0.1, -0.05) is 60.7 Å². The summed E-state index contributed by atoms with van der Waals surface area (Å²) in [6, 6.07) is 20.6. The molecule has 2 N–H and O–H groups in total. The second-order valence-electron chi connectivity index (χ2n) is 11.1. The lowest BCUT2D eigenvalue weighted by molar-refractivity contribution is -0.163. The van der Waals surface area contributed by atoms with Gasteiger partial charge < -0.3 is 19.8 Å². The minimum Gasteiger partial charge on any atom is -0.379 e. The lowest BCUT2D eigenvalue weighted by Gasteiger charge is -2.48. The number of hydrogen-bond donors (Lipinski definition) is 1. The number of imidazole rings is 1. The number of carbonyl (C=O) groups is 1. The first-order valence-corrected chi connectivity index (χ1v) is 13.2.